The van der Waals surface area contributed by atoms with Crippen molar-refractivity contribution in [3.8, 4) is 17.2 Å². The van der Waals surface area contributed by atoms with Gasteiger partial charge in [-0.3, -0.25) is 4.79 Å². The number of furan rings is 1. The van der Waals surface area contributed by atoms with Crippen LogP contribution in [0, 0.1) is 0 Å². The van der Waals surface area contributed by atoms with Crippen LogP contribution >= 0.6 is 0 Å². The molecule has 0 aliphatic carbocycles. The molecule has 0 fully saturated rings. The molecule has 4 aromatic rings. The Labute approximate surface area is 187 Å². The van der Waals surface area contributed by atoms with E-state index in [0.717, 1.165) is 17.0 Å². The Balaban J connectivity index is 1.34. The minimum atomic E-state index is -0.267. The van der Waals surface area contributed by atoms with Crippen molar-refractivity contribution in [3.63, 3.8) is 0 Å². The number of benzene rings is 2. The van der Waals surface area contributed by atoms with Gasteiger partial charge in [-0.1, -0.05) is 12.1 Å². The summed E-state index contributed by atoms with van der Waals surface area (Å²) in [5.74, 6) is 2.06. The van der Waals surface area contributed by atoms with Crippen molar-refractivity contribution in [2.45, 2.75) is 26.5 Å². The van der Waals surface area contributed by atoms with Gasteiger partial charge < -0.3 is 23.8 Å². The van der Waals surface area contributed by atoms with Gasteiger partial charge in [-0.05, 0) is 80.1 Å². The lowest BCUT2D eigenvalue weighted by Crippen LogP contribution is -2.26. The van der Waals surface area contributed by atoms with Crippen LogP contribution in [0.3, 0.4) is 0 Å². The maximum Gasteiger partial charge on any atom is 0.287 e. The fraction of sp³-hybridized carbons (Fsp3) is 0.192. The Bertz CT molecular complexity index is 1150. The highest BCUT2D eigenvalue weighted by molar-refractivity contribution is 5.91. The first-order valence-corrected chi connectivity index (χ1v) is 10.6. The molecule has 2 aromatic carbocycles. The van der Waals surface area contributed by atoms with Crippen molar-refractivity contribution in [2.24, 2.45) is 0 Å². The molecule has 1 unspecified atom stereocenters. The highest BCUT2D eigenvalue weighted by Gasteiger charge is 2.16. The maximum absolute atomic E-state index is 12.7. The van der Waals surface area contributed by atoms with Crippen LogP contribution in [-0.4, -0.2) is 17.1 Å². The van der Waals surface area contributed by atoms with Crippen LogP contribution in [-0.2, 0) is 6.61 Å². The third kappa shape index (κ3) is 5.21. The highest BCUT2D eigenvalue weighted by Crippen LogP contribution is 2.20. The van der Waals surface area contributed by atoms with E-state index in [1.807, 2.05) is 85.4 Å². The zero-order valence-electron chi connectivity index (χ0n) is 18.2. The van der Waals surface area contributed by atoms with E-state index in [4.69, 9.17) is 13.9 Å². The van der Waals surface area contributed by atoms with Crippen LogP contribution in [0.2, 0.25) is 0 Å². The molecule has 6 heteroatoms. The Kier molecular flexibility index (Phi) is 6.60. The summed E-state index contributed by atoms with van der Waals surface area (Å²) in [6.45, 7) is 4.74. The average Bonchev–Trinajstić information content (AvgIpc) is 3.51. The zero-order chi connectivity index (χ0) is 22.3. The van der Waals surface area contributed by atoms with Gasteiger partial charge in [0.15, 0.2) is 5.76 Å². The third-order valence-corrected chi connectivity index (χ3v) is 5.02. The van der Waals surface area contributed by atoms with Crippen molar-refractivity contribution >= 4 is 5.91 Å². The van der Waals surface area contributed by atoms with Gasteiger partial charge in [0.25, 0.3) is 5.91 Å². The molecule has 1 atom stereocenters. The van der Waals surface area contributed by atoms with E-state index in [1.54, 1.807) is 12.1 Å². The number of aromatic nitrogens is 1. The molecule has 0 aliphatic rings. The van der Waals surface area contributed by atoms with Gasteiger partial charge in [0.2, 0.25) is 0 Å². The van der Waals surface area contributed by atoms with Gasteiger partial charge >= 0.3 is 0 Å². The van der Waals surface area contributed by atoms with Crippen molar-refractivity contribution in [1.29, 1.82) is 0 Å². The molecular weight excluding hydrogens is 404 g/mol. The van der Waals surface area contributed by atoms with E-state index < -0.39 is 0 Å². The lowest BCUT2D eigenvalue weighted by atomic mass is 10.1. The molecule has 0 aliphatic heterocycles. The van der Waals surface area contributed by atoms with Gasteiger partial charge in [-0.15, -0.1) is 0 Å². The summed E-state index contributed by atoms with van der Waals surface area (Å²) in [6.07, 6.45) is 3.98. The Hall–Kier alpha value is -3.93. The van der Waals surface area contributed by atoms with Gasteiger partial charge in [0.05, 0.1) is 12.6 Å². The summed E-state index contributed by atoms with van der Waals surface area (Å²) in [6, 6.07) is 22.6. The molecule has 0 bridgehead atoms. The molecule has 0 spiro atoms. The number of nitrogens with zero attached hydrogens (tertiary/aromatic N) is 1. The second-order valence-corrected chi connectivity index (χ2v) is 7.34. The van der Waals surface area contributed by atoms with E-state index >= 15 is 0 Å². The first kappa shape index (κ1) is 21.3. The second-order valence-electron chi connectivity index (χ2n) is 7.34. The lowest BCUT2D eigenvalue weighted by molar-refractivity contribution is 0.0907. The molecular formula is C26H26N2O4. The van der Waals surface area contributed by atoms with Crippen LogP contribution in [0.15, 0.2) is 89.6 Å². The van der Waals surface area contributed by atoms with E-state index in [2.05, 4.69) is 11.4 Å². The lowest BCUT2D eigenvalue weighted by Gasteiger charge is -2.15. The number of rotatable bonds is 9. The number of nitrogens with one attached hydrogen (secondary N) is 1. The van der Waals surface area contributed by atoms with Crippen LogP contribution in [0.25, 0.3) is 5.69 Å². The summed E-state index contributed by atoms with van der Waals surface area (Å²) in [7, 11) is 0. The predicted octanol–water partition coefficient (Wildman–Crippen LogP) is 5.54. The summed E-state index contributed by atoms with van der Waals surface area (Å²) in [5.41, 5.74) is 2.05. The Morgan fingerprint density at radius 2 is 1.69 bits per heavy atom. The number of ether oxygens (including phenoxy) is 2. The molecule has 0 saturated heterocycles. The zero-order valence-corrected chi connectivity index (χ0v) is 18.2. The van der Waals surface area contributed by atoms with E-state index in [1.165, 1.54) is 0 Å². The molecule has 2 heterocycles. The second kappa shape index (κ2) is 9.92. The molecule has 32 heavy (non-hydrogen) atoms. The van der Waals surface area contributed by atoms with Crippen molar-refractivity contribution in [3.05, 3.63) is 102 Å². The van der Waals surface area contributed by atoms with Crippen LogP contribution in [0.5, 0.6) is 11.5 Å². The summed E-state index contributed by atoms with van der Waals surface area (Å²) in [4.78, 5) is 12.7. The Morgan fingerprint density at radius 3 is 2.41 bits per heavy atom. The summed E-state index contributed by atoms with van der Waals surface area (Å²) in [5, 5.41) is 2.99. The molecule has 2 aromatic heterocycles. The van der Waals surface area contributed by atoms with Crippen molar-refractivity contribution in [1.82, 2.24) is 9.88 Å². The number of hydrogen-bond donors (Lipinski definition) is 1. The number of amides is 1. The van der Waals surface area contributed by atoms with E-state index in [9.17, 15) is 4.79 Å². The Morgan fingerprint density at radius 1 is 0.969 bits per heavy atom. The molecule has 1 N–H and O–H groups in total. The summed E-state index contributed by atoms with van der Waals surface area (Å²) < 4.78 is 18.9. The fourth-order valence-electron chi connectivity index (χ4n) is 3.34. The molecule has 0 saturated carbocycles. The smallest absolute Gasteiger partial charge is 0.287 e. The molecule has 1 amide bonds. The number of carbonyl (C=O) groups is 1. The fourth-order valence-corrected chi connectivity index (χ4v) is 3.34. The SMILES string of the molecule is CCOc1ccc(OCc2ccc(C(=O)NC(C)c3cccc(-n4cccc4)c3)o2)cc1. The highest BCUT2D eigenvalue weighted by atomic mass is 16.5. The quantitative estimate of drug-likeness (QED) is 0.379. The van der Waals surface area contributed by atoms with E-state index in [0.29, 0.717) is 18.1 Å². The minimum absolute atomic E-state index is 0.174. The van der Waals surface area contributed by atoms with Crippen molar-refractivity contribution in [2.75, 3.05) is 6.61 Å². The average molecular weight is 431 g/mol. The van der Waals surface area contributed by atoms with Crippen LogP contribution in [0.1, 0.15) is 41.8 Å². The van der Waals surface area contributed by atoms with Gasteiger partial charge in [-0.2, -0.15) is 0 Å². The molecule has 164 valence electrons. The van der Waals surface area contributed by atoms with Crippen LogP contribution < -0.4 is 14.8 Å². The van der Waals surface area contributed by atoms with Gasteiger partial charge in [0, 0.05) is 18.1 Å². The topological polar surface area (TPSA) is 65.6 Å². The standard InChI is InChI=1S/C26H26N2O4/c1-3-30-22-9-11-23(12-10-22)31-18-24-13-14-25(32-24)26(29)27-19(2)20-7-6-8-21(17-20)28-15-4-5-16-28/h4-17,19H,3,18H2,1-2H3,(H,27,29). The number of carbonyl (C=O) groups excluding carboxylic acids is 1. The first-order chi connectivity index (χ1) is 15.6. The maximum atomic E-state index is 12.7. The first-order valence-electron chi connectivity index (χ1n) is 10.6. The van der Waals surface area contributed by atoms with E-state index in [-0.39, 0.29) is 24.3 Å². The molecule has 0 radical (unpaired) electrons. The monoisotopic (exact) mass is 430 g/mol. The van der Waals surface area contributed by atoms with Crippen molar-refractivity contribution < 1.29 is 18.7 Å². The third-order valence-electron chi connectivity index (χ3n) is 5.02. The molecule has 6 nitrogen and oxygen atoms in total. The van der Waals surface area contributed by atoms with Gasteiger partial charge in [0.1, 0.15) is 23.9 Å². The largest absolute Gasteiger partial charge is 0.494 e. The minimum Gasteiger partial charge on any atom is -0.494 e. The summed E-state index contributed by atoms with van der Waals surface area (Å²) >= 11 is 0. The molecule has 4 rings (SSSR count). The van der Waals surface area contributed by atoms with Crippen LogP contribution in [0.4, 0.5) is 0 Å². The van der Waals surface area contributed by atoms with Gasteiger partial charge in [-0.25, -0.2) is 0 Å². The normalized spacial score (nSPS) is 11.7. The number of hydrogen-bond acceptors (Lipinski definition) is 4. The predicted molar refractivity (Wildman–Crippen MR) is 122 cm³/mol.